The molecule has 0 fully saturated rings. The predicted octanol–water partition coefficient (Wildman–Crippen LogP) is 2.58. The Bertz CT molecular complexity index is 847. The Hall–Kier alpha value is -2.67. The van der Waals surface area contributed by atoms with E-state index >= 15 is 0 Å². The van der Waals surface area contributed by atoms with E-state index in [0.717, 1.165) is 0 Å². The molecule has 3 aromatic rings. The number of nitrogens with zero attached hydrogens (tertiary/aromatic N) is 4. The van der Waals surface area contributed by atoms with E-state index in [2.05, 4.69) is 15.1 Å². The summed E-state index contributed by atoms with van der Waals surface area (Å²) in [7, 11) is 0. The van der Waals surface area contributed by atoms with Gasteiger partial charge >= 0.3 is 5.97 Å². The number of ether oxygens (including phenoxy) is 1. The van der Waals surface area contributed by atoms with E-state index in [-0.39, 0.29) is 11.3 Å². The third kappa shape index (κ3) is 2.50. The molecule has 0 bridgehead atoms. The van der Waals surface area contributed by atoms with Crippen LogP contribution in [0.15, 0.2) is 30.6 Å². The number of carboxylic acid groups (broad SMARTS) is 1. The molecule has 0 aliphatic heterocycles. The summed E-state index contributed by atoms with van der Waals surface area (Å²) < 4.78 is 7.03. The van der Waals surface area contributed by atoms with Crippen LogP contribution in [0.25, 0.3) is 5.78 Å². The molecule has 21 heavy (non-hydrogen) atoms. The average Bonchev–Trinajstić information content (AvgIpc) is 2.86. The fourth-order valence-electron chi connectivity index (χ4n) is 1.84. The van der Waals surface area contributed by atoms with Crippen LogP contribution in [0.2, 0.25) is 5.02 Å². The summed E-state index contributed by atoms with van der Waals surface area (Å²) in [4.78, 5) is 19.4. The van der Waals surface area contributed by atoms with Gasteiger partial charge in [0.1, 0.15) is 17.6 Å². The zero-order chi connectivity index (χ0) is 15.0. The highest BCUT2D eigenvalue weighted by molar-refractivity contribution is 6.30. The maximum absolute atomic E-state index is 11.2. The Morgan fingerprint density at radius 1 is 1.38 bits per heavy atom. The number of fused-ring (bicyclic) bond motifs is 1. The number of hydrogen-bond acceptors (Lipinski definition) is 5. The fraction of sp³-hybridized carbons (Fsp3) is 0.0769. The van der Waals surface area contributed by atoms with Crippen molar-refractivity contribution in [1.29, 1.82) is 0 Å². The lowest BCUT2D eigenvalue weighted by Gasteiger charge is -2.10. The van der Waals surface area contributed by atoms with Crippen molar-refractivity contribution >= 4 is 23.3 Å². The molecule has 2 aromatic heterocycles. The zero-order valence-electron chi connectivity index (χ0n) is 10.8. The molecule has 8 heteroatoms. The number of aromatic nitrogens is 4. The minimum Gasteiger partial charge on any atom is -0.478 e. The summed E-state index contributed by atoms with van der Waals surface area (Å²) in [6, 6.07) is 5.94. The van der Waals surface area contributed by atoms with E-state index in [0.29, 0.717) is 22.4 Å². The highest BCUT2D eigenvalue weighted by Crippen LogP contribution is 2.28. The molecule has 0 aliphatic rings. The number of aromatic carboxylic acids is 1. The molecule has 0 radical (unpaired) electrons. The van der Waals surface area contributed by atoms with Crippen LogP contribution in [0.3, 0.4) is 0 Å². The third-order valence-electron chi connectivity index (χ3n) is 2.74. The minimum atomic E-state index is -1.11. The summed E-state index contributed by atoms with van der Waals surface area (Å²) in [6.45, 7) is 1.78. The smallest absolute Gasteiger partial charge is 0.339 e. The van der Waals surface area contributed by atoms with Crippen LogP contribution in [-0.2, 0) is 0 Å². The Morgan fingerprint density at radius 2 is 2.19 bits per heavy atom. The van der Waals surface area contributed by atoms with Gasteiger partial charge in [-0.1, -0.05) is 11.6 Å². The number of rotatable bonds is 3. The van der Waals surface area contributed by atoms with Crippen molar-refractivity contribution in [2.45, 2.75) is 6.92 Å². The Kier molecular flexibility index (Phi) is 3.19. The van der Waals surface area contributed by atoms with Gasteiger partial charge in [-0.15, -0.1) is 0 Å². The van der Waals surface area contributed by atoms with Crippen LogP contribution < -0.4 is 4.74 Å². The lowest BCUT2D eigenvalue weighted by atomic mass is 10.2. The molecule has 1 aromatic carbocycles. The zero-order valence-corrected chi connectivity index (χ0v) is 11.6. The van der Waals surface area contributed by atoms with Gasteiger partial charge in [-0.25, -0.2) is 9.78 Å². The van der Waals surface area contributed by atoms with Crippen molar-refractivity contribution in [3.63, 3.8) is 0 Å². The summed E-state index contributed by atoms with van der Waals surface area (Å²) in [6.07, 6.45) is 1.34. The van der Waals surface area contributed by atoms with Crippen LogP contribution in [0.5, 0.6) is 11.6 Å². The molecule has 0 aliphatic carbocycles. The molecule has 2 heterocycles. The second-order valence-corrected chi connectivity index (χ2v) is 4.69. The van der Waals surface area contributed by atoms with E-state index in [1.54, 1.807) is 13.0 Å². The molecule has 3 rings (SSSR count). The first-order chi connectivity index (χ1) is 10.0. The molecule has 106 valence electrons. The summed E-state index contributed by atoms with van der Waals surface area (Å²) in [5, 5.41) is 13.6. The fourth-order valence-corrected chi connectivity index (χ4v) is 2.00. The normalized spacial score (nSPS) is 10.8. The van der Waals surface area contributed by atoms with E-state index < -0.39 is 5.97 Å². The van der Waals surface area contributed by atoms with Gasteiger partial charge < -0.3 is 9.84 Å². The SMILES string of the molecule is Cc1cc(Oc2cc(Cl)ccc2C(=O)O)n2ncnc2n1. The lowest BCUT2D eigenvalue weighted by molar-refractivity contribution is 0.0694. The van der Waals surface area contributed by atoms with E-state index in [1.165, 1.54) is 29.0 Å². The van der Waals surface area contributed by atoms with Crippen molar-refractivity contribution in [3.8, 4) is 11.6 Å². The standard InChI is InChI=1S/C13H9ClN4O3/c1-7-4-11(18-13(17-7)15-6-16-18)21-10-5-8(14)2-3-9(10)12(19)20/h2-6H,1H3,(H,19,20). The topological polar surface area (TPSA) is 89.6 Å². The van der Waals surface area contributed by atoms with Crippen molar-refractivity contribution in [2.75, 3.05) is 0 Å². The second kappa shape index (κ2) is 5.02. The molecular formula is C13H9ClN4O3. The van der Waals surface area contributed by atoms with E-state index in [9.17, 15) is 9.90 Å². The van der Waals surface area contributed by atoms with E-state index in [1.807, 2.05) is 0 Å². The van der Waals surface area contributed by atoms with Crippen LogP contribution >= 0.6 is 11.6 Å². The van der Waals surface area contributed by atoms with Gasteiger partial charge in [-0.05, 0) is 19.1 Å². The third-order valence-corrected chi connectivity index (χ3v) is 2.97. The Balaban J connectivity index is 2.12. The molecular weight excluding hydrogens is 296 g/mol. The largest absolute Gasteiger partial charge is 0.478 e. The van der Waals surface area contributed by atoms with Gasteiger partial charge in [0.2, 0.25) is 5.88 Å². The van der Waals surface area contributed by atoms with Gasteiger partial charge in [-0.3, -0.25) is 0 Å². The van der Waals surface area contributed by atoms with E-state index in [4.69, 9.17) is 16.3 Å². The first kappa shape index (κ1) is 13.3. The van der Waals surface area contributed by atoms with Crippen molar-refractivity contribution in [2.24, 2.45) is 0 Å². The van der Waals surface area contributed by atoms with Crippen LogP contribution in [0.1, 0.15) is 16.1 Å². The van der Waals surface area contributed by atoms with Crippen LogP contribution in [0.4, 0.5) is 0 Å². The van der Waals surface area contributed by atoms with Crippen LogP contribution in [-0.4, -0.2) is 30.7 Å². The molecule has 0 atom stereocenters. The van der Waals surface area contributed by atoms with Crippen molar-refractivity contribution in [3.05, 3.63) is 46.9 Å². The maximum Gasteiger partial charge on any atom is 0.339 e. The van der Waals surface area contributed by atoms with Gasteiger partial charge in [0.15, 0.2) is 0 Å². The Labute approximate surface area is 123 Å². The Morgan fingerprint density at radius 3 is 2.95 bits per heavy atom. The quantitative estimate of drug-likeness (QED) is 0.800. The summed E-state index contributed by atoms with van der Waals surface area (Å²) >= 11 is 5.90. The number of halogens is 1. The number of carbonyl (C=O) groups is 1. The van der Waals surface area contributed by atoms with Gasteiger partial charge in [0.25, 0.3) is 5.78 Å². The first-order valence-electron chi connectivity index (χ1n) is 5.92. The predicted molar refractivity (Wildman–Crippen MR) is 74.0 cm³/mol. The molecule has 7 nitrogen and oxygen atoms in total. The van der Waals surface area contributed by atoms with Crippen molar-refractivity contribution in [1.82, 2.24) is 19.6 Å². The molecule has 0 spiro atoms. The first-order valence-corrected chi connectivity index (χ1v) is 6.30. The summed E-state index contributed by atoms with van der Waals surface area (Å²) in [5.41, 5.74) is 0.673. The second-order valence-electron chi connectivity index (χ2n) is 4.26. The van der Waals surface area contributed by atoms with Gasteiger partial charge in [0.05, 0.1) is 0 Å². The lowest BCUT2D eigenvalue weighted by Crippen LogP contribution is -2.03. The molecule has 0 unspecified atom stereocenters. The van der Waals surface area contributed by atoms with Crippen molar-refractivity contribution < 1.29 is 14.6 Å². The molecule has 0 saturated carbocycles. The number of benzene rings is 1. The summed E-state index contributed by atoms with van der Waals surface area (Å²) in [5.74, 6) is -0.316. The number of hydrogen-bond donors (Lipinski definition) is 1. The number of carboxylic acids is 1. The highest BCUT2D eigenvalue weighted by Gasteiger charge is 2.15. The molecule has 0 saturated heterocycles. The molecule has 0 amide bonds. The average molecular weight is 305 g/mol. The maximum atomic E-state index is 11.2. The van der Waals surface area contributed by atoms with Gasteiger partial charge in [0, 0.05) is 22.8 Å². The minimum absolute atomic E-state index is 0.00197. The van der Waals surface area contributed by atoms with Crippen LogP contribution in [0, 0.1) is 6.92 Å². The number of aryl methyl sites for hydroxylation is 1. The van der Waals surface area contributed by atoms with Gasteiger partial charge in [-0.2, -0.15) is 14.6 Å². The monoisotopic (exact) mass is 304 g/mol. The molecule has 1 N–H and O–H groups in total. The highest BCUT2D eigenvalue weighted by atomic mass is 35.5.